The Morgan fingerprint density at radius 3 is 2.70 bits per heavy atom. The lowest BCUT2D eigenvalue weighted by atomic mass is 10.1. The maximum Gasteiger partial charge on any atom is 0.216 e. The van der Waals surface area contributed by atoms with Crippen molar-refractivity contribution >= 4 is 34.8 Å². The van der Waals surface area contributed by atoms with Gasteiger partial charge in [0, 0.05) is 26.7 Å². The number of hydrogen-bond donors (Lipinski definition) is 0. The van der Waals surface area contributed by atoms with E-state index >= 15 is 0 Å². The molecule has 136 valence electrons. The monoisotopic (exact) mass is 393 g/mol. The van der Waals surface area contributed by atoms with Crippen molar-refractivity contribution in [1.29, 1.82) is 0 Å². The predicted molar refractivity (Wildman–Crippen MR) is 112 cm³/mol. The highest BCUT2D eigenvalue weighted by molar-refractivity contribution is 7.98. The Morgan fingerprint density at radius 2 is 2.00 bits per heavy atom. The molecule has 0 aliphatic carbocycles. The van der Waals surface area contributed by atoms with Crippen molar-refractivity contribution < 1.29 is 9.53 Å². The van der Waals surface area contributed by atoms with Gasteiger partial charge in [-0.1, -0.05) is 18.2 Å². The highest BCUT2D eigenvalue weighted by atomic mass is 32.2. The Balaban J connectivity index is 1.42. The number of aryl methyl sites for hydroxylation is 1. The highest BCUT2D eigenvalue weighted by Gasteiger charge is 2.12. The minimum absolute atomic E-state index is 0.0987. The summed E-state index contributed by atoms with van der Waals surface area (Å²) in [5, 5.41) is 0. The van der Waals surface area contributed by atoms with Gasteiger partial charge >= 0.3 is 0 Å². The molecule has 0 unspecified atom stereocenters. The Morgan fingerprint density at radius 1 is 1.15 bits per heavy atom. The molecule has 0 amide bonds. The Hall–Kier alpha value is -2.37. The van der Waals surface area contributed by atoms with Gasteiger partial charge in [-0.05, 0) is 55.0 Å². The number of thiophene rings is 1. The van der Waals surface area contributed by atoms with Crippen LogP contribution in [0.25, 0.3) is 0 Å². The van der Waals surface area contributed by atoms with E-state index in [-0.39, 0.29) is 5.78 Å². The second kappa shape index (κ2) is 8.11. The highest BCUT2D eigenvalue weighted by Crippen LogP contribution is 2.25. The van der Waals surface area contributed by atoms with E-state index in [2.05, 4.69) is 23.2 Å². The fourth-order valence-corrected chi connectivity index (χ4v) is 4.54. The van der Waals surface area contributed by atoms with Crippen LogP contribution in [0.5, 0.6) is 0 Å². The van der Waals surface area contributed by atoms with Crippen molar-refractivity contribution in [1.82, 2.24) is 0 Å². The van der Waals surface area contributed by atoms with Crippen molar-refractivity contribution in [2.75, 3.05) is 13.2 Å². The third-order valence-electron chi connectivity index (χ3n) is 4.25. The second-order valence-corrected chi connectivity index (χ2v) is 8.62. The quantitative estimate of drug-likeness (QED) is 0.418. The van der Waals surface area contributed by atoms with Gasteiger partial charge in [0.1, 0.15) is 6.61 Å². The SMILES string of the molecule is Cc1ccc(C(=O)c2cccc(CSc3ccc(C4=NCCO4)cc3)c2)s1. The Labute approximate surface area is 167 Å². The smallest absolute Gasteiger partial charge is 0.216 e. The van der Waals surface area contributed by atoms with Crippen LogP contribution in [0.2, 0.25) is 0 Å². The van der Waals surface area contributed by atoms with Crippen LogP contribution in [0, 0.1) is 6.92 Å². The second-order valence-electron chi connectivity index (χ2n) is 6.29. The van der Waals surface area contributed by atoms with Crippen LogP contribution in [0.3, 0.4) is 0 Å². The number of thioether (sulfide) groups is 1. The van der Waals surface area contributed by atoms with Gasteiger partial charge < -0.3 is 4.74 Å². The summed E-state index contributed by atoms with van der Waals surface area (Å²) in [6, 6.07) is 20.1. The van der Waals surface area contributed by atoms with E-state index in [1.807, 2.05) is 49.4 Å². The van der Waals surface area contributed by atoms with E-state index in [1.54, 1.807) is 23.1 Å². The van der Waals surface area contributed by atoms with Gasteiger partial charge in [-0.25, -0.2) is 4.99 Å². The summed E-state index contributed by atoms with van der Waals surface area (Å²) in [6.45, 7) is 3.43. The van der Waals surface area contributed by atoms with Crippen LogP contribution in [-0.4, -0.2) is 24.8 Å². The van der Waals surface area contributed by atoms with Crippen molar-refractivity contribution in [2.45, 2.75) is 17.6 Å². The molecular formula is C22H19NO2S2. The first-order chi connectivity index (χ1) is 13.2. The molecule has 0 atom stereocenters. The molecule has 0 saturated carbocycles. The molecule has 3 aromatic rings. The lowest BCUT2D eigenvalue weighted by Crippen LogP contribution is -2.00. The fourth-order valence-electron chi connectivity index (χ4n) is 2.87. The molecule has 27 heavy (non-hydrogen) atoms. The van der Waals surface area contributed by atoms with E-state index in [1.165, 1.54) is 4.90 Å². The zero-order valence-corrected chi connectivity index (χ0v) is 16.6. The number of ketones is 1. The van der Waals surface area contributed by atoms with Crippen molar-refractivity contribution in [3.63, 3.8) is 0 Å². The van der Waals surface area contributed by atoms with Crippen LogP contribution >= 0.6 is 23.1 Å². The summed E-state index contributed by atoms with van der Waals surface area (Å²) in [5.74, 6) is 1.66. The number of carbonyl (C=O) groups is 1. The summed E-state index contributed by atoms with van der Waals surface area (Å²) in [4.78, 5) is 20.1. The number of hydrogen-bond acceptors (Lipinski definition) is 5. The molecule has 0 N–H and O–H groups in total. The predicted octanol–water partition coefficient (Wildman–Crippen LogP) is 5.36. The first-order valence-corrected chi connectivity index (χ1v) is 10.6. The standard InChI is InChI=1S/C22H19NO2S2/c1-15-5-10-20(27-15)21(24)18-4-2-3-16(13-18)14-26-19-8-6-17(7-9-19)22-23-11-12-25-22/h2-10,13H,11-12,14H2,1H3. The minimum Gasteiger partial charge on any atom is -0.476 e. The maximum atomic E-state index is 12.6. The van der Waals surface area contributed by atoms with Crippen LogP contribution in [0.15, 0.2) is 70.6 Å². The molecule has 5 heteroatoms. The summed E-state index contributed by atoms with van der Waals surface area (Å²) in [7, 11) is 0. The van der Waals surface area contributed by atoms with Crippen molar-refractivity contribution in [3.8, 4) is 0 Å². The van der Waals surface area contributed by atoms with Crippen LogP contribution in [0.1, 0.15) is 31.2 Å². The minimum atomic E-state index is 0.0987. The van der Waals surface area contributed by atoms with Crippen LogP contribution < -0.4 is 0 Å². The average Bonchev–Trinajstić information content (AvgIpc) is 3.38. The van der Waals surface area contributed by atoms with Crippen molar-refractivity contribution in [3.05, 3.63) is 87.1 Å². The molecule has 0 spiro atoms. The third-order valence-corrected chi connectivity index (χ3v) is 6.33. The molecule has 1 aliphatic rings. The van der Waals surface area contributed by atoms with Gasteiger partial charge in [0.2, 0.25) is 11.7 Å². The Bertz CT molecular complexity index is 990. The number of rotatable bonds is 6. The number of nitrogens with zero attached hydrogens (tertiary/aromatic N) is 1. The van der Waals surface area contributed by atoms with Crippen LogP contribution in [0.4, 0.5) is 0 Å². The summed E-state index contributed by atoms with van der Waals surface area (Å²) in [6.07, 6.45) is 0. The van der Waals surface area contributed by atoms with Crippen molar-refractivity contribution in [2.24, 2.45) is 4.99 Å². The molecule has 4 rings (SSSR count). The molecule has 0 bridgehead atoms. The molecule has 2 aromatic carbocycles. The molecule has 2 heterocycles. The van der Waals surface area contributed by atoms with Gasteiger partial charge in [-0.15, -0.1) is 23.1 Å². The molecule has 3 nitrogen and oxygen atoms in total. The van der Waals surface area contributed by atoms with Gasteiger partial charge in [0.05, 0.1) is 11.4 Å². The van der Waals surface area contributed by atoms with Gasteiger partial charge in [-0.3, -0.25) is 4.79 Å². The molecular weight excluding hydrogens is 374 g/mol. The number of benzene rings is 2. The van der Waals surface area contributed by atoms with E-state index in [4.69, 9.17) is 4.74 Å². The lowest BCUT2D eigenvalue weighted by molar-refractivity contribution is 0.104. The molecule has 1 aliphatic heterocycles. The summed E-state index contributed by atoms with van der Waals surface area (Å²) in [5.41, 5.74) is 2.92. The largest absolute Gasteiger partial charge is 0.476 e. The first-order valence-electron chi connectivity index (χ1n) is 8.79. The maximum absolute atomic E-state index is 12.6. The molecule has 0 saturated heterocycles. The van der Waals surface area contributed by atoms with Gasteiger partial charge in [0.25, 0.3) is 0 Å². The normalized spacial score (nSPS) is 13.3. The number of ether oxygens (including phenoxy) is 1. The summed E-state index contributed by atoms with van der Waals surface area (Å²) >= 11 is 3.30. The van der Waals surface area contributed by atoms with Gasteiger partial charge in [0.15, 0.2) is 0 Å². The number of carbonyl (C=O) groups excluding carboxylic acids is 1. The first kappa shape index (κ1) is 18.0. The van der Waals surface area contributed by atoms with Gasteiger partial charge in [-0.2, -0.15) is 0 Å². The molecule has 0 radical (unpaired) electrons. The number of aliphatic imine (C=N–C) groups is 1. The van der Waals surface area contributed by atoms with E-state index in [0.29, 0.717) is 6.61 Å². The zero-order valence-electron chi connectivity index (χ0n) is 15.0. The Kier molecular flexibility index (Phi) is 5.41. The average molecular weight is 394 g/mol. The third kappa shape index (κ3) is 4.31. The van der Waals surface area contributed by atoms with Crippen LogP contribution in [-0.2, 0) is 10.5 Å². The molecule has 1 aromatic heterocycles. The van der Waals surface area contributed by atoms with E-state index in [0.717, 1.165) is 44.6 Å². The van der Waals surface area contributed by atoms with E-state index < -0.39 is 0 Å². The lowest BCUT2D eigenvalue weighted by Gasteiger charge is -2.06. The molecule has 0 fully saturated rings. The summed E-state index contributed by atoms with van der Waals surface area (Å²) < 4.78 is 5.49. The van der Waals surface area contributed by atoms with E-state index in [9.17, 15) is 4.79 Å². The fraction of sp³-hybridized carbons (Fsp3) is 0.182. The topological polar surface area (TPSA) is 38.7 Å². The zero-order chi connectivity index (χ0) is 18.6.